The van der Waals surface area contributed by atoms with Crippen LogP contribution in [-0.4, -0.2) is 32.4 Å². The fourth-order valence-corrected chi connectivity index (χ4v) is 2.98. The highest BCUT2D eigenvalue weighted by Gasteiger charge is 2.15. The van der Waals surface area contributed by atoms with E-state index in [4.69, 9.17) is 9.47 Å². The van der Waals surface area contributed by atoms with Crippen LogP contribution in [-0.2, 0) is 11.2 Å². The van der Waals surface area contributed by atoms with Gasteiger partial charge in [-0.05, 0) is 30.7 Å². The van der Waals surface area contributed by atoms with Gasteiger partial charge in [-0.1, -0.05) is 23.8 Å². The monoisotopic (exact) mass is 347 g/mol. The lowest BCUT2D eigenvalue weighted by Gasteiger charge is -2.23. The molecule has 0 aromatic heterocycles. The summed E-state index contributed by atoms with van der Waals surface area (Å²) in [6, 6.07) is 9.66. The third-order valence-electron chi connectivity index (χ3n) is 4.35. The SMILES string of the molecule is Cc1ccc(OCCC2CNCCO2)c(Cc2c(F)cccc2F)c1. The van der Waals surface area contributed by atoms with E-state index in [1.807, 2.05) is 25.1 Å². The average Bonchev–Trinajstić information content (AvgIpc) is 2.61. The van der Waals surface area contributed by atoms with Crippen molar-refractivity contribution in [1.29, 1.82) is 0 Å². The molecule has 5 heteroatoms. The smallest absolute Gasteiger partial charge is 0.129 e. The van der Waals surface area contributed by atoms with E-state index in [0.717, 1.165) is 30.6 Å². The second-order valence-corrected chi connectivity index (χ2v) is 6.32. The van der Waals surface area contributed by atoms with Gasteiger partial charge in [0.2, 0.25) is 0 Å². The molecule has 1 saturated heterocycles. The van der Waals surface area contributed by atoms with Gasteiger partial charge in [-0.3, -0.25) is 0 Å². The lowest BCUT2D eigenvalue weighted by Crippen LogP contribution is -2.39. The van der Waals surface area contributed by atoms with E-state index in [9.17, 15) is 8.78 Å². The lowest BCUT2D eigenvalue weighted by atomic mass is 10.0. The first-order valence-corrected chi connectivity index (χ1v) is 8.61. The molecule has 0 saturated carbocycles. The number of morpholine rings is 1. The molecule has 0 spiro atoms. The summed E-state index contributed by atoms with van der Waals surface area (Å²) in [6.07, 6.45) is 1.08. The zero-order valence-corrected chi connectivity index (χ0v) is 14.4. The van der Waals surface area contributed by atoms with Crippen molar-refractivity contribution in [3.05, 3.63) is 64.7 Å². The molecule has 0 bridgehead atoms. The Balaban J connectivity index is 1.69. The molecule has 3 nitrogen and oxygen atoms in total. The van der Waals surface area contributed by atoms with E-state index in [1.165, 1.54) is 18.2 Å². The van der Waals surface area contributed by atoms with Crippen LogP contribution >= 0.6 is 0 Å². The van der Waals surface area contributed by atoms with Gasteiger partial charge in [0.1, 0.15) is 17.4 Å². The second kappa shape index (κ2) is 8.41. The minimum absolute atomic E-state index is 0.0674. The van der Waals surface area contributed by atoms with Crippen LogP contribution in [0.15, 0.2) is 36.4 Å². The topological polar surface area (TPSA) is 30.5 Å². The van der Waals surface area contributed by atoms with Crippen molar-refractivity contribution in [2.45, 2.75) is 25.9 Å². The standard InChI is InChI=1S/C20H23F2NO2/c1-14-5-6-20(25-9-7-16-13-23-8-10-24-16)15(11-14)12-17-18(21)3-2-4-19(17)22/h2-6,11,16,23H,7-10,12-13H2,1H3. The summed E-state index contributed by atoms with van der Waals surface area (Å²) >= 11 is 0. The molecule has 1 unspecified atom stereocenters. The predicted molar refractivity (Wildman–Crippen MR) is 93.1 cm³/mol. The molecule has 1 aliphatic heterocycles. The largest absolute Gasteiger partial charge is 0.493 e. The van der Waals surface area contributed by atoms with Gasteiger partial charge in [0.15, 0.2) is 0 Å². The quantitative estimate of drug-likeness (QED) is 0.866. The van der Waals surface area contributed by atoms with E-state index >= 15 is 0 Å². The molecule has 2 aromatic carbocycles. The summed E-state index contributed by atoms with van der Waals surface area (Å²) < 4.78 is 39.5. The van der Waals surface area contributed by atoms with Crippen LogP contribution in [0.3, 0.4) is 0 Å². The Bertz CT molecular complexity index is 695. The molecule has 3 rings (SSSR count). The second-order valence-electron chi connectivity index (χ2n) is 6.32. The number of hydrogen-bond acceptors (Lipinski definition) is 3. The number of ether oxygens (including phenoxy) is 2. The van der Waals surface area contributed by atoms with E-state index in [-0.39, 0.29) is 18.1 Å². The highest BCUT2D eigenvalue weighted by Crippen LogP contribution is 2.26. The Labute approximate surface area is 147 Å². The molecular formula is C20H23F2NO2. The fraction of sp³-hybridized carbons (Fsp3) is 0.400. The van der Waals surface area contributed by atoms with Gasteiger partial charge in [0, 0.05) is 31.5 Å². The molecule has 25 heavy (non-hydrogen) atoms. The Morgan fingerprint density at radius 2 is 2.00 bits per heavy atom. The zero-order valence-electron chi connectivity index (χ0n) is 14.4. The fourth-order valence-electron chi connectivity index (χ4n) is 2.98. The molecule has 0 radical (unpaired) electrons. The summed E-state index contributed by atoms with van der Waals surface area (Å²) in [7, 11) is 0. The minimum atomic E-state index is -0.533. The van der Waals surface area contributed by atoms with Gasteiger partial charge in [-0.25, -0.2) is 8.78 Å². The van der Waals surface area contributed by atoms with Crippen LogP contribution in [0.4, 0.5) is 8.78 Å². The molecule has 1 N–H and O–H groups in total. The molecule has 0 amide bonds. The Hall–Kier alpha value is -1.98. The summed E-state index contributed by atoms with van der Waals surface area (Å²) in [5.74, 6) is -0.403. The van der Waals surface area contributed by atoms with Crippen LogP contribution in [0, 0.1) is 18.6 Å². The maximum atomic E-state index is 14.0. The zero-order chi connectivity index (χ0) is 17.6. The molecule has 0 aliphatic carbocycles. The first-order chi connectivity index (χ1) is 12.1. The maximum Gasteiger partial charge on any atom is 0.129 e. The molecule has 1 aliphatic rings. The van der Waals surface area contributed by atoms with Crippen LogP contribution < -0.4 is 10.1 Å². The first-order valence-electron chi connectivity index (χ1n) is 8.61. The van der Waals surface area contributed by atoms with Crippen LogP contribution in [0.2, 0.25) is 0 Å². The maximum absolute atomic E-state index is 14.0. The van der Waals surface area contributed by atoms with Crippen molar-refractivity contribution in [3.8, 4) is 5.75 Å². The van der Waals surface area contributed by atoms with E-state index in [1.54, 1.807) is 0 Å². The van der Waals surface area contributed by atoms with E-state index in [0.29, 0.717) is 19.0 Å². The van der Waals surface area contributed by atoms with Gasteiger partial charge in [-0.15, -0.1) is 0 Å². The van der Waals surface area contributed by atoms with Crippen molar-refractivity contribution >= 4 is 0 Å². The van der Waals surface area contributed by atoms with Crippen molar-refractivity contribution in [2.75, 3.05) is 26.3 Å². The highest BCUT2D eigenvalue weighted by molar-refractivity contribution is 5.40. The van der Waals surface area contributed by atoms with Gasteiger partial charge in [0.25, 0.3) is 0 Å². The number of halogens is 2. The summed E-state index contributed by atoms with van der Waals surface area (Å²) in [6.45, 7) is 4.87. The van der Waals surface area contributed by atoms with Gasteiger partial charge >= 0.3 is 0 Å². The van der Waals surface area contributed by atoms with Crippen LogP contribution in [0.1, 0.15) is 23.1 Å². The van der Waals surface area contributed by atoms with Gasteiger partial charge in [-0.2, -0.15) is 0 Å². The Kier molecular flexibility index (Phi) is 6.00. The normalized spacial score (nSPS) is 17.5. The molecule has 134 valence electrons. The Morgan fingerprint density at radius 3 is 2.72 bits per heavy atom. The molecule has 1 heterocycles. The summed E-state index contributed by atoms with van der Waals surface area (Å²) in [5, 5.41) is 3.28. The van der Waals surface area contributed by atoms with E-state index in [2.05, 4.69) is 5.32 Å². The van der Waals surface area contributed by atoms with E-state index < -0.39 is 11.6 Å². The summed E-state index contributed by atoms with van der Waals surface area (Å²) in [5.41, 5.74) is 1.88. The number of hydrogen-bond donors (Lipinski definition) is 1. The van der Waals surface area contributed by atoms with Crippen LogP contribution in [0.25, 0.3) is 0 Å². The van der Waals surface area contributed by atoms with Crippen molar-refractivity contribution in [1.82, 2.24) is 5.32 Å². The number of nitrogens with one attached hydrogen (secondary N) is 1. The number of benzene rings is 2. The predicted octanol–water partition coefficient (Wildman–Crippen LogP) is 3.62. The third kappa shape index (κ3) is 4.77. The highest BCUT2D eigenvalue weighted by atomic mass is 19.1. The van der Waals surface area contributed by atoms with Crippen molar-refractivity contribution in [3.63, 3.8) is 0 Å². The van der Waals surface area contributed by atoms with Crippen molar-refractivity contribution in [2.24, 2.45) is 0 Å². The number of rotatable bonds is 6. The van der Waals surface area contributed by atoms with Crippen molar-refractivity contribution < 1.29 is 18.3 Å². The molecule has 1 fully saturated rings. The lowest BCUT2D eigenvalue weighted by molar-refractivity contribution is 0.0158. The first kappa shape index (κ1) is 17.8. The van der Waals surface area contributed by atoms with Crippen LogP contribution in [0.5, 0.6) is 5.75 Å². The third-order valence-corrected chi connectivity index (χ3v) is 4.35. The number of aryl methyl sites for hydroxylation is 1. The average molecular weight is 347 g/mol. The molecule has 1 atom stereocenters. The molecule has 2 aromatic rings. The summed E-state index contributed by atoms with van der Waals surface area (Å²) in [4.78, 5) is 0. The minimum Gasteiger partial charge on any atom is -0.493 e. The van der Waals surface area contributed by atoms with Gasteiger partial charge in [0.05, 0.1) is 19.3 Å². The Morgan fingerprint density at radius 1 is 1.20 bits per heavy atom. The van der Waals surface area contributed by atoms with Gasteiger partial charge < -0.3 is 14.8 Å². The molecular weight excluding hydrogens is 324 g/mol.